The van der Waals surface area contributed by atoms with Crippen LogP contribution in [0.15, 0.2) is 164 Å². The van der Waals surface area contributed by atoms with E-state index in [0.717, 1.165) is 36.4 Å². The van der Waals surface area contributed by atoms with Gasteiger partial charge in [0.2, 0.25) is 17.5 Å². The molecule has 0 aliphatic heterocycles. The molecule has 476 valence electrons. The Bertz CT molecular complexity index is 4490. The van der Waals surface area contributed by atoms with Gasteiger partial charge in [-0.2, -0.15) is 26.3 Å². The van der Waals surface area contributed by atoms with Gasteiger partial charge in [-0.25, -0.2) is 9.59 Å². The molecule has 0 spiro atoms. The summed E-state index contributed by atoms with van der Waals surface area (Å²) in [5.74, 6) is -11.4. The van der Waals surface area contributed by atoms with Gasteiger partial charge in [0.05, 0.1) is 69.4 Å². The first-order valence-electron chi connectivity index (χ1n) is 27.7. The number of anilines is 4. The predicted octanol–water partition coefficient (Wildman–Crippen LogP) is 9.52. The van der Waals surface area contributed by atoms with Gasteiger partial charge in [-0.15, -0.1) is 0 Å². The molecule has 0 fully saturated rings. The van der Waals surface area contributed by atoms with Gasteiger partial charge in [0.1, 0.15) is 24.7 Å². The minimum absolute atomic E-state index is 0.00744. The van der Waals surface area contributed by atoms with Crippen molar-refractivity contribution in [2.24, 2.45) is 0 Å². The Morgan fingerprint density at radius 2 is 0.978 bits per heavy atom. The molecule has 4 aromatic heterocycles. The molecule has 7 N–H and O–H groups in total. The number of fused-ring (bicyclic) bond motifs is 2. The number of alkyl halides is 6. The topological polar surface area (TPSA) is 300 Å². The van der Waals surface area contributed by atoms with E-state index in [1.54, 1.807) is 85.0 Å². The van der Waals surface area contributed by atoms with E-state index in [4.69, 9.17) is 14.2 Å². The maximum atomic E-state index is 14.4. The summed E-state index contributed by atoms with van der Waals surface area (Å²) >= 11 is 0. The number of benzene rings is 5. The van der Waals surface area contributed by atoms with Gasteiger partial charge < -0.3 is 60.0 Å². The van der Waals surface area contributed by atoms with Crippen molar-refractivity contribution < 1.29 is 93.6 Å². The number of carboxylic acid groups (broad SMARTS) is 1. The minimum Gasteiger partial charge on any atom is -0.492 e. The Labute approximate surface area is 521 Å². The van der Waals surface area contributed by atoms with Crippen LogP contribution in [0.5, 0.6) is 11.5 Å². The summed E-state index contributed by atoms with van der Waals surface area (Å²) in [6.45, 7) is 1.62. The van der Waals surface area contributed by atoms with E-state index in [2.05, 4.69) is 21.3 Å². The number of carbonyl (C=O) groups excluding carboxylic acids is 9. The van der Waals surface area contributed by atoms with Crippen LogP contribution in [-0.4, -0.2) is 112 Å². The third-order valence-corrected chi connectivity index (χ3v) is 14.0. The number of halogens is 6. The lowest BCUT2D eigenvalue weighted by molar-refractivity contribution is -0.167. The van der Waals surface area contributed by atoms with Crippen molar-refractivity contribution in [2.45, 2.75) is 32.8 Å². The van der Waals surface area contributed by atoms with Gasteiger partial charge in [0, 0.05) is 45.8 Å². The molecule has 9 aromatic rings. The fourth-order valence-corrected chi connectivity index (χ4v) is 9.56. The van der Waals surface area contributed by atoms with Crippen molar-refractivity contribution in [2.75, 3.05) is 47.6 Å². The zero-order valence-corrected chi connectivity index (χ0v) is 48.5. The van der Waals surface area contributed by atoms with Crippen LogP contribution in [0.1, 0.15) is 90.2 Å². The van der Waals surface area contributed by atoms with E-state index in [1.165, 1.54) is 75.9 Å². The highest BCUT2D eigenvalue weighted by Crippen LogP contribution is 2.35. The standard InChI is InChI=1S/C65H50F6N8O14/c1-35-52(48-18-6-8-25-78(48)54(35)56(82)38-20-22-46(44(30-38)60(86)87)74-62(89)64(66,67)68)76-58(84)40-14-10-16-42(28-40)91-27-24-72-50(80)32-73-51(81)34-92-43-17-11-15-41(29-43)59(85)77-53-36(2)55(79-26-9-7-19-49(53)79)57(83)39-21-23-47(75-63(90)65(69,70)71)45(31-39)61(88)93-33-37-12-4-3-5-13-37/h3-23,25-26,28-31H,24,27,32-34H2,1-2H3,(H,72,80)(H,73,81)(H,74,89)(H,75,90)(H,76,84)(H,77,85)(H,86,87). The number of ether oxygens (including phenoxy) is 3. The fraction of sp³-hybridized carbons (Fsp3) is 0.138. The number of aromatic carboxylic acids is 1. The predicted molar refractivity (Wildman–Crippen MR) is 322 cm³/mol. The van der Waals surface area contributed by atoms with E-state index in [9.17, 15) is 79.4 Å². The van der Waals surface area contributed by atoms with Crippen LogP contribution in [0.4, 0.5) is 49.1 Å². The number of amides is 6. The molecule has 93 heavy (non-hydrogen) atoms. The van der Waals surface area contributed by atoms with Crippen molar-refractivity contribution >= 4 is 92.7 Å². The van der Waals surface area contributed by atoms with Crippen LogP contribution in [0.25, 0.3) is 11.0 Å². The van der Waals surface area contributed by atoms with Crippen molar-refractivity contribution in [1.82, 2.24) is 19.4 Å². The average molecular weight is 1280 g/mol. The highest BCUT2D eigenvalue weighted by atomic mass is 19.4. The first kappa shape index (κ1) is 65.3. The highest BCUT2D eigenvalue weighted by Gasteiger charge is 2.41. The summed E-state index contributed by atoms with van der Waals surface area (Å²) in [6.07, 6.45) is -7.58. The quantitative estimate of drug-likeness (QED) is 0.0136. The van der Waals surface area contributed by atoms with E-state index < -0.39 is 107 Å². The maximum absolute atomic E-state index is 14.4. The number of carbonyl (C=O) groups is 10. The lowest BCUT2D eigenvalue weighted by Gasteiger charge is -2.14. The summed E-state index contributed by atoms with van der Waals surface area (Å²) in [5, 5.41) is 23.5. The molecule has 0 unspecified atom stereocenters. The molecular weight excluding hydrogens is 1230 g/mol. The molecule has 0 saturated heterocycles. The molecule has 4 heterocycles. The minimum atomic E-state index is -5.32. The molecule has 0 atom stereocenters. The number of hydrogen-bond donors (Lipinski definition) is 7. The molecule has 0 saturated carbocycles. The van der Waals surface area contributed by atoms with E-state index in [-0.39, 0.29) is 87.4 Å². The number of ketones is 2. The van der Waals surface area contributed by atoms with E-state index in [0.29, 0.717) is 16.6 Å². The number of nitrogens with one attached hydrogen (secondary N) is 6. The molecule has 6 amide bonds. The van der Waals surface area contributed by atoms with Crippen molar-refractivity contribution in [1.29, 1.82) is 0 Å². The Kier molecular flexibility index (Phi) is 19.5. The third kappa shape index (κ3) is 15.3. The van der Waals surface area contributed by atoms with Crippen molar-refractivity contribution in [3.05, 3.63) is 226 Å². The molecule has 5 aromatic carbocycles. The van der Waals surface area contributed by atoms with Crippen LogP contribution in [0.2, 0.25) is 0 Å². The number of aromatic nitrogens is 2. The van der Waals surface area contributed by atoms with Gasteiger partial charge in [0.15, 0.2) is 6.61 Å². The Morgan fingerprint density at radius 1 is 0.495 bits per heavy atom. The molecule has 0 aliphatic rings. The van der Waals surface area contributed by atoms with Gasteiger partial charge in [-0.1, -0.05) is 54.6 Å². The Morgan fingerprint density at radius 3 is 1.48 bits per heavy atom. The number of pyridine rings is 2. The smallest absolute Gasteiger partial charge is 0.471 e. The number of esters is 1. The number of rotatable bonds is 23. The number of nitrogens with zero attached hydrogens (tertiary/aromatic N) is 2. The SMILES string of the molecule is Cc1c(NC(=O)c2cccc(OCCNC(=O)CNC(=O)COc3cccc(C(=O)Nc4c(C)c(C(=O)c5ccc(NC(=O)C(F)(F)F)c(C(=O)OCc6ccccc6)c5)n5ccccc45)c3)c2)c2ccccn2c1C(=O)c1ccc(NC(=O)C(F)(F)F)c(C(=O)O)c1. The first-order valence-corrected chi connectivity index (χ1v) is 27.7. The monoisotopic (exact) mass is 1280 g/mol. The molecule has 0 radical (unpaired) electrons. The van der Waals surface area contributed by atoms with Crippen LogP contribution in [-0.2, 0) is 30.5 Å². The molecule has 22 nitrogen and oxygen atoms in total. The first-order chi connectivity index (χ1) is 44.3. The highest BCUT2D eigenvalue weighted by molar-refractivity contribution is 6.17. The van der Waals surface area contributed by atoms with Crippen LogP contribution in [0, 0.1) is 13.8 Å². The zero-order valence-electron chi connectivity index (χ0n) is 48.5. The van der Waals surface area contributed by atoms with Crippen LogP contribution in [0.3, 0.4) is 0 Å². The second-order valence-corrected chi connectivity index (χ2v) is 20.3. The van der Waals surface area contributed by atoms with Crippen LogP contribution >= 0.6 is 0 Å². The second kappa shape index (κ2) is 27.7. The molecule has 0 bridgehead atoms. The lowest BCUT2D eigenvalue weighted by atomic mass is 10.0. The van der Waals surface area contributed by atoms with Gasteiger partial charge >= 0.3 is 36.1 Å². The molecule has 9 rings (SSSR count). The maximum Gasteiger partial charge on any atom is 0.471 e. The van der Waals surface area contributed by atoms with Gasteiger partial charge in [0.25, 0.3) is 17.7 Å². The zero-order chi connectivity index (χ0) is 66.9. The lowest BCUT2D eigenvalue weighted by Crippen LogP contribution is -2.40. The summed E-state index contributed by atoms with van der Waals surface area (Å²) in [7, 11) is 0. The Hall–Kier alpha value is -12.1. The summed E-state index contributed by atoms with van der Waals surface area (Å²) in [6, 6.07) is 35.6. The average Bonchev–Trinajstić information content (AvgIpc) is 1.64. The normalized spacial score (nSPS) is 11.3. The van der Waals surface area contributed by atoms with Crippen LogP contribution < -0.4 is 41.4 Å². The second-order valence-electron chi connectivity index (χ2n) is 20.3. The van der Waals surface area contributed by atoms with Gasteiger partial charge in [-0.05, 0) is 116 Å². The van der Waals surface area contributed by atoms with E-state index >= 15 is 0 Å². The van der Waals surface area contributed by atoms with Gasteiger partial charge in [-0.3, -0.25) is 38.4 Å². The molecule has 0 aliphatic carbocycles. The molecular formula is C65H50F6N8O14. The third-order valence-electron chi connectivity index (χ3n) is 14.0. The summed E-state index contributed by atoms with van der Waals surface area (Å²) < 4.78 is 98.5. The van der Waals surface area contributed by atoms with Crippen molar-refractivity contribution in [3.8, 4) is 11.5 Å². The van der Waals surface area contributed by atoms with E-state index in [1.807, 2.05) is 0 Å². The number of hydrogen-bond acceptors (Lipinski definition) is 13. The molecule has 28 heteroatoms. The summed E-state index contributed by atoms with van der Waals surface area (Å²) in [5.41, 5.74) is -0.658. The number of carboxylic acids is 1. The summed E-state index contributed by atoms with van der Waals surface area (Å²) in [4.78, 5) is 130. The fourth-order valence-electron chi connectivity index (χ4n) is 9.56. The van der Waals surface area contributed by atoms with Crippen molar-refractivity contribution in [3.63, 3.8) is 0 Å². The Balaban J connectivity index is 0.762. The largest absolute Gasteiger partial charge is 0.492 e.